The van der Waals surface area contributed by atoms with Crippen molar-refractivity contribution in [3.63, 3.8) is 0 Å². The van der Waals surface area contributed by atoms with Crippen LogP contribution < -0.4 is 10.6 Å². The molecule has 0 aromatic heterocycles. The van der Waals surface area contributed by atoms with Gasteiger partial charge in [-0.3, -0.25) is 4.79 Å². The topological polar surface area (TPSA) is 114 Å². The Morgan fingerprint density at radius 2 is 1.70 bits per heavy atom. The summed E-state index contributed by atoms with van der Waals surface area (Å²) in [5.41, 5.74) is 3.21. The number of carboxylic acids is 1. The lowest BCUT2D eigenvalue weighted by molar-refractivity contribution is -0.148. The third-order valence-electron chi connectivity index (χ3n) is 6.58. The van der Waals surface area contributed by atoms with Crippen LogP contribution in [0.4, 0.5) is 4.79 Å². The van der Waals surface area contributed by atoms with Crippen molar-refractivity contribution in [2.45, 2.75) is 50.3 Å². The second kappa shape index (κ2) is 9.23. The van der Waals surface area contributed by atoms with E-state index in [1.807, 2.05) is 36.4 Å². The zero-order chi connectivity index (χ0) is 23.6. The Morgan fingerprint density at radius 1 is 1.09 bits per heavy atom. The average molecular weight is 453 g/mol. The van der Waals surface area contributed by atoms with Gasteiger partial charge in [0.05, 0.1) is 6.04 Å². The Bertz CT molecular complexity index is 1020. The van der Waals surface area contributed by atoms with Gasteiger partial charge in [0.15, 0.2) is 6.10 Å². The number of carbonyl (C=O) groups is 3. The summed E-state index contributed by atoms with van der Waals surface area (Å²) in [4.78, 5) is 36.9. The number of hydrogen-bond acceptors (Lipinski definition) is 5. The Balaban J connectivity index is 1.40. The van der Waals surface area contributed by atoms with Crippen molar-refractivity contribution >= 4 is 18.0 Å². The highest BCUT2D eigenvalue weighted by Crippen LogP contribution is 2.44. The molecule has 1 aliphatic carbocycles. The first kappa shape index (κ1) is 22.8. The molecule has 1 unspecified atom stereocenters. The number of carboxylic acid groups (broad SMARTS) is 1. The molecule has 8 nitrogen and oxygen atoms in total. The highest BCUT2D eigenvalue weighted by Gasteiger charge is 2.40. The molecule has 8 heteroatoms. The number of carbonyl (C=O) groups excluding carboxylic acids is 2. The van der Waals surface area contributed by atoms with E-state index >= 15 is 0 Å². The highest BCUT2D eigenvalue weighted by atomic mass is 16.5. The van der Waals surface area contributed by atoms with Crippen LogP contribution in [0.15, 0.2) is 48.5 Å². The molecule has 0 bridgehead atoms. The van der Waals surface area contributed by atoms with Gasteiger partial charge in [-0.2, -0.15) is 0 Å². The van der Waals surface area contributed by atoms with E-state index in [0.717, 1.165) is 22.3 Å². The number of nitrogens with one attached hydrogen (secondary N) is 2. The lowest BCUT2D eigenvalue weighted by Crippen LogP contribution is -2.59. The van der Waals surface area contributed by atoms with Crippen molar-refractivity contribution in [1.29, 1.82) is 0 Å². The van der Waals surface area contributed by atoms with Crippen LogP contribution in [0, 0.1) is 0 Å². The van der Waals surface area contributed by atoms with Gasteiger partial charge < -0.3 is 25.2 Å². The van der Waals surface area contributed by atoms with Crippen molar-refractivity contribution in [2.75, 3.05) is 13.2 Å². The molecule has 0 spiro atoms. The van der Waals surface area contributed by atoms with E-state index < -0.39 is 35.7 Å². The zero-order valence-electron chi connectivity index (χ0n) is 18.7. The molecular weight excluding hydrogens is 424 g/mol. The van der Waals surface area contributed by atoms with Gasteiger partial charge in [-0.1, -0.05) is 55.5 Å². The first-order valence-electron chi connectivity index (χ1n) is 11.1. The first-order valence-corrected chi connectivity index (χ1v) is 11.1. The molecule has 3 N–H and O–H groups in total. The predicted molar refractivity (Wildman–Crippen MR) is 121 cm³/mol. The molecule has 1 saturated heterocycles. The summed E-state index contributed by atoms with van der Waals surface area (Å²) in [6, 6.07) is 15.4. The smallest absolute Gasteiger partial charge is 0.408 e. The molecule has 0 radical (unpaired) electrons. The molecule has 2 aromatic rings. The van der Waals surface area contributed by atoms with Crippen LogP contribution in [-0.2, 0) is 19.1 Å². The number of amides is 2. The zero-order valence-corrected chi connectivity index (χ0v) is 18.7. The minimum Gasteiger partial charge on any atom is -0.479 e. The summed E-state index contributed by atoms with van der Waals surface area (Å²) in [5.74, 6) is -1.68. The molecule has 33 heavy (non-hydrogen) atoms. The number of rotatable bonds is 7. The van der Waals surface area contributed by atoms with Crippen LogP contribution in [-0.4, -0.2) is 54.0 Å². The number of aliphatic carboxylic acids is 1. The fourth-order valence-corrected chi connectivity index (χ4v) is 4.47. The van der Waals surface area contributed by atoms with Crippen LogP contribution in [0.2, 0.25) is 0 Å². The molecule has 4 rings (SSSR count). The summed E-state index contributed by atoms with van der Waals surface area (Å²) in [6.45, 7) is 3.75. The largest absolute Gasteiger partial charge is 0.479 e. The van der Waals surface area contributed by atoms with E-state index in [1.165, 1.54) is 0 Å². The van der Waals surface area contributed by atoms with Gasteiger partial charge in [-0.25, -0.2) is 9.59 Å². The second-order valence-corrected chi connectivity index (χ2v) is 8.63. The fraction of sp³-hybridized carbons (Fsp3) is 0.400. The Morgan fingerprint density at radius 3 is 2.27 bits per heavy atom. The molecule has 1 heterocycles. The van der Waals surface area contributed by atoms with E-state index in [1.54, 1.807) is 13.8 Å². The first-order chi connectivity index (χ1) is 15.8. The molecule has 2 amide bonds. The molecule has 2 aliphatic rings. The predicted octanol–water partition coefficient (Wildman–Crippen LogP) is 3.05. The maximum atomic E-state index is 12.9. The lowest BCUT2D eigenvalue weighted by atomic mass is 9.96. The van der Waals surface area contributed by atoms with Crippen LogP contribution in [0.1, 0.15) is 43.7 Å². The number of fused-ring (bicyclic) bond motifs is 3. The third-order valence-corrected chi connectivity index (χ3v) is 6.58. The standard InChI is InChI=1S/C25H28N2O6/c1-3-25(2,23(30)26-20-12-13-32-21(20)22(28)29)27-24(31)33-14-19-17-10-6-4-8-15(17)16-9-5-7-11-18(16)19/h4-11,19-21H,3,12-14H2,1-2H3,(H,26,30)(H,27,31)(H,28,29)/t20-,21+,25?/m0/s1. The summed E-state index contributed by atoms with van der Waals surface area (Å²) in [6.07, 6.45) is -1.10. The normalized spacial score (nSPS) is 20.9. The van der Waals surface area contributed by atoms with E-state index in [0.29, 0.717) is 12.8 Å². The van der Waals surface area contributed by atoms with Crippen LogP contribution in [0.3, 0.4) is 0 Å². The molecular formula is C25H28N2O6. The molecule has 1 fully saturated rings. The van der Waals surface area contributed by atoms with E-state index in [9.17, 15) is 19.5 Å². The summed E-state index contributed by atoms with van der Waals surface area (Å²) in [5, 5.41) is 14.6. The van der Waals surface area contributed by atoms with Gasteiger partial charge in [0, 0.05) is 12.5 Å². The highest BCUT2D eigenvalue weighted by molar-refractivity contribution is 5.90. The van der Waals surface area contributed by atoms with E-state index in [-0.39, 0.29) is 19.1 Å². The number of benzene rings is 2. The maximum absolute atomic E-state index is 12.9. The quantitative estimate of drug-likeness (QED) is 0.595. The average Bonchev–Trinajstić information content (AvgIpc) is 3.40. The Hall–Kier alpha value is -3.39. The SMILES string of the molecule is CCC(C)(NC(=O)OCC1c2ccccc2-c2ccccc21)C(=O)N[C@H]1CCO[C@H]1C(=O)O. The van der Waals surface area contributed by atoms with Crippen molar-refractivity contribution < 1.29 is 29.0 Å². The van der Waals surface area contributed by atoms with E-state index in [2.05, 4.69) is 22.8 Å². The summed E-state index contributed by atoms with van der Waals surface area (Å²) < 4.78 is 10.7. The van der Waals surface area contributed by atoms with Crippen molar-refractivity contribution in [1.82, 2.24) is 10.6 Å². The van der Waals surface area contributed by atoms with Gasteiger partial charge in [-0.05, 0) is 42.0 Å². The number of hydrogen-bond donors (Lipinski definition) is 3. The lowest BCUT2D eigenvalue weighted by Gasteiger charge is -2.30. The van der Waals surface area contributed by atoms with Crippen LogP contribution in [0.25, 0.3) is 11.1 Å². The third kappa shape index (κ3) is 4.43. The van der Waals surface area contributed by atoms with Gasteiger partial charge in [0.1, 0.15) is 12.1 Å². The van der Waals surface area contributed by atoms with E-state index in [4.69, 9.17) is 9.47 Å². The van der Waals surface area contributed by atoms with Crippen LogP contribution >= 0.6 is 0 Å². The monoisotopic (exact) mass is 452 g/mol. The van der Waals surface area contributed by atoms with Crippen molar-refractivity contribution in [3.8, 4) is 11.1 Å². The van der Waals surface area contributed by atoms with Crippen molar-refractivity contribution in [2.24, 2.45) is 0 Å². The number of ether oxygens (including phenoxy) is 2. The van der Waals surface area contributed by atoms with Crippen LogP contribution in [0.5, 0.6) is 0 Å². The van der Waals surface area contributed by atoms with Gasteiger partial charge >= 0.3 is 12.1 Å². The Kier molecular flexibility index (Phi) is 6.37. The van der Waals surface area contributed by atoms with Gasteiger partial charge in [0.25, 0.3) is 0 Å². The second-order valence-electron chi connectivity index (χ2n) is 8.63. The Labute approximate surface area is 192 Å². The molecule has 174 valence electrons. The molecule has 2 aromatic carbocycles. The van der Waals surface area contributed by atoms with Gasteiger partial charge in [0.2, 0.25) is 5.91 Å². The maximum Gasteiger partial charge on any atom is 0.408 e. The molecule has 0 saturated carbocycles. The fourth-order valence-electron chi connectivity index (χ4n) is 4.47. The molecule has 3 atom stereocenters. The van der Waals surface area contributed by atoms with Crippen molar-refractivity contribution in [3.05, 3.63) is 59.7 Å². The summed E-state index contributed by atoms with van der Waals surface area (Å²) >= 11 is 0. The summed E-state index contributed by atoms with van der Waals surface area (Å²) in [7, 11) is 0. The van der Waals surface area contributed by atoms with Gasteiger partial charge in [-0.15, -0.1) is 0 Å². The molecule has 1 aliphatic heterocycles. The number of alkyl carbamates (subject to hydrolysis) is 1. The minimum atomic E-state index is -1.26. The minimum absolute atomic E-state index is 0.0863.